The normalized spacial score (nSPS) is 17.6. The van der Waals surface area contributed by atoms with Crippen molar-refractivity contribution in [2.24, 2.45) is 0 Å². The maximum atomic E-state index is 4.18. The summed E-state index contributed by atoms with van der Waals surface area (Å²) in [6, 6.07) is 0. The van der Waals surface area contributed by atoms with Gasteiger partial charge in [-0.2, -0.15) is 0 Å². The summed E-state index contributed by atoms with van der Waals surface area (Å²) in [4.78, 5) is 4.18. The molecule has 0 spiro atoms. The molecule has 20 heavy (non-hydrogen) atoms. The summed E-state index contributed by atoms with van der Waals surface area (Å²) in [5.74, 6) is 2.63. The number of thioether (sulfide) groups is 2. The highest BCUT2D eigenvalue weighted by atomic mass is 32.2. The van der Waals surface area contributed by atoms with Crippen LogP contribution in [0.3, 0.4) is 0 Å². The van der Waals surface area contributed by atoms with Crippen molar-refractivity contribution in [3.05, 3.63) is 18.7 Å². The molecule has 0 bridgehead atoms. The van der Waals surface area contributed by atoms with Crippen molar-refractivity contribution >= 4 is 23.5 Å². The first-order valence-corrected chi connectivity index (χ1v) is 10.1. The summed E-state index contributed by atoms with van der Waals surface area (Å²) in [5.41, 5.74) is 0. The molecule has 0 N–H and O–H groups in total. The molecule has 0 aliphatic carbocycles. The fourth-order valence-corrected chi connectivity index (χ4v) is 6.12. The van der Waals surface area contributed by atoms with Gasteiger partial charge in [0.2, 0.25) is 0 Å². The van der Waals surface area contributed by atoms with Gasteiger partial charge in [-0.15, -0.1) is 23.5 Å². The molecule has 1 aromatic rings. The first kappa shape index (κ1) is 16.3. The van der Waals surface area contributed by atoms with E-state index < -0.39 is 0 Å². The molecule has 1 aromatic heterocycles. The van der Waals surface area contributed by atoms with E-state index in [1.807, 2.05) is 12.5 Å². The molecule has 0 radical (unpaired) electrons. The van der Waals surface area contributed by atoms with Crippen molar-refractivity contribution in [1.29, 1.82) is 0 Å². The average molecular weight is 313 g/mol. The summed E-state index contributed by atoms with van der Waals surface area (Å²) < 4.78 is 2.68. The largest absolute Gasteiger partial charge is 0.335 e. The molecule has 1 aliphatic heterocycles. The number of nitrogens with zero attached hydrogens (tertiary/aromatic N) is 2. The van der Waals surface area contributed by atoms with E-state index in [4.69, 9.17) is 0 Å². The Morgan fingerprint density at radius 3 is 2.40 bits per heavy atom. The Morgan fingerprint density at radius 1 is 1.05 bits per heavy atom. The van der Waals surface area contributed by atoms with Crippen LogP contribution in [0.25, 0.3) is 0 Å². The van der Waals surface area contributed by atoms with E-state index in [9.17, 15) is 0 Å². The Balaban J connectivity index is 1.67. The van der Waals surface area contributed by atoms with Gasteiger partial charge in [0, 0.05) is 30.4 Å². The van der Waals surface area contributed by atoms with Gasteiger partial charge in [0.25, 0.3) is 0 Å². The molecule has 114 valence electrons. The van der Waals surface area contributed by atoms with Crippen LogP contribution in [0.4, 0.5) is 0 Å². The Morgan fingerprint density at radius 2 is 1.75 bits per heavy atom. The third-order valence-corrected chi connectivity index (χ3v) is 7.46. The van der Waals surface area contributed by atoms with E-state index in [0.717, 1.165) is 6.54 Å². The Kier molecular flexibility index (Phi) is 7.36. The highest BCUT2D eigenvalue weighted by Gasteiger charge is 2.35. The lowest BCUT2D eigenvalue weighted by atomic mass is 10.1. The number of aromatic nitrogens is 2. The zero-order chi connectivity index (χ0) is 14.1. The van der Waals surface area contributed by atoms with Gasteiger partial charge < -0.3 is 4.57 Å². The van der Waals surface area contributed by atoms with Crippen molar-refractivity contribution in [2.45, 2.75) is 68.9 Å². The molecule has 4 heteroatoms. The van der Waals surface area contributed by atoms with Crippen molar-refractivity contribution in [3.8, 4) is 0 Å². The van der Waals surface area contributed by atoms with Crippen LogP contribution >= 0.6 is 23.5 Å². The molecule has 0 aromatic carbocycles. The lowest BCUT2D eigenvalue weighted by Crippen LogP contribution is -2.24. The first-order chi connectivity index (χ1) is 9.85. The average Bonchev–Trinajstić information content (AvgIpc) is 3.11. The van der Waals surface area contributed by atoms with Crippen LogP contribution in [-0.2, 0) is 6.54 Å². The van der Waals surface area contributed by atoms with Crippen LogP contribution in [0.1, 0.15) is 58.3 Å². The van der Waals surface area contributed by atoms with Crippen molar-refractivity contribution in [1.82, 2.24) is 9.55 Å². The molecular weight excluding hydrogens is 284 g/mol. The van der Waals surface area contributed by atoms with E-state index in [1.54, 1.807) is 0 Å². The van der Waals surface area contributed by atoms with Crippen LogP contribution in [0.15, 0.2) is 18.7 Å². The summed E-state index contributed by atoms with van der Waals surface area (Å²) >= 11 is 4.35. The zero-order valence-electron chi connectivity index (χ0n) is 12.7. The Bertz CT molecular complexity index is 345. The van der Waals surface area contributed by atoms with Crippen LogP contribution in [0, 0.1) is 0 Å². The fraction of sp³-hybridized carbons (Fsp3) is 0.812. The second kappa shape index (κ2) is 9.04. The molecule has 2 heterocycles. The minimum absolute atomic E-state index is 0.421. The van der Waals surface area contributed by atoms with Gasteiger partial charge in [0.1, 0.15) is 0 Å². The minimum atomic E-state index is 0.421. The Hall–Kier alpha value is -0.0900. The van der Waals surface area contributed by atoms with Crippen molar-refractivity contribution in [3.63, 3.8) is 0 Å². The van der Waals surface area contributed by atoms with Crippen LogP contribution in [0.2, 0.25) is 0 Å². The zero-order valence-corrected chi connectivity index (χ0v) is 14.4. The van der Waals surface area contributed by atoms with Gasteiger partial charge in [-0.3, -0.25) is 0 Å². The van der Waals surface area contributed by atoms with Gasteiger partial charge in [0.05, 0.1) is 10.4 Å². The maximum Gasteiger partial charge on any atom is 0.0946 e. The number of hydrogen-bond donors (Lipinski definition) is 0. The highest BCUT2D eigenvalue weighted by molar-refractivity contribution is 8.21. The van der Waals surface area contributed by atoms with E-state index >= 15 is 0 Å². The maximum absolute atomic E-state index is 4.18. The van der Waals surface area contributed by atoms with Gasteiger partial charge in [-0.1, -0.05) is 51.9 Å². The van der Waals surface area contributed by atoms with Gasteiger partial charge in [-0.05, 0) is 6.42 Å². The van der Waals surface area contributed by atoms with Crippen LogP contribution in [-0.4, -0.2) is 25.1 Å². The molecule has 0 amide bonds. The summed E-state index contributed by atoms with van der Waals surface area (Å²) in [6.45, 7) is 3.41. The minimum Gasteiger partial charge on any atom is -0.335 e. The molecule has 0 unspecified atom stereocenters. The lowest BCUT2D eigenvalue weighted by Gasteiger charge is -2.27. The summed E-state index contributed by atoms with van der Waals surface area (Å²) in [7, 11) is 0. The number of imidazole rings is 1. The van der Waals surface area contributed by atoms with E-state index in [2.05, 4.69) is 46.2 Å². The van der Waals surface area contributed by atoms with Crippen molar-refractivity contribution < 1.29 is 0 Å². The molecule has 0 saturated carbocycles. The molecule has 2 nitrogen and oxygen atoms in total. The van der Waals surface area contributed by atoms with Crippen LogP contribution in [0.5, 0.6) is 0 Å². The Labute approximate surface area is 132 Å². The van der Waals surface area contributed by atoms with Gasteiger partial charge in [0.15, 0.2) is 0 Å². The van der Waals surface area contributed by atoms with E-state index in [0.29, 0.717) is 4.08 Å². The molecular formula is C16H28N2S2. The van der Waals surface area contributed by atoms with Gasteiger partial charge >= 0.3 is 0 Å². The summed E-state index contributed by atoms with van der Waals surface area (Å²) in [5, 5.41) is 0. The SMILES string of the molecule is CCCCCCCCCC1(Cn2ccnc2)SCCS1. The molecule has 1 aliphatic rings. The predicted molar refractivity (Wildman–Crippen MR) is 92.5 cm³/mol. The number of hydrogen-bond acceptors (Lipinski definition) is 3. The first-order valence-electron chi connectivity index (χ1n) is 8.08. The standard InChI is InChI=1S/C16H28N2S2/c1-2-3-4-5-6-7-8-9-16(19-12-13-20-16)14-18-11-10-17-15-18/h10-11,15H,2-9,12-14H2,1H3. The predicted octanol–water partition coefficient (Wildman–Crippen LogP) is 5.20. The third-order valence-electron chi connectivity index (χ3n) is 3.96. The monoisotopic (exact) mass is 312 g/mol. The van der Waals surface area contributed by atoms with E-state index in [1.165, 1.54) is 62.9 Å². The number of unbranched alkanes of at least 4 members (excludes halogenated alkanes) is 6. The molecule has 1 fully saturated rings. The van der Waals surface area contributed by atoms with Crippen LogP contribution < -0.4 is 0 Å². The second-order valence-corrected chi connectivity index (χ2v) is 8.93. The summed E-state index contributed by atoms with van der Waals surface area (Å²) in [6.07, 6.45) is 17.2. The fourth-order valence-electron chi connectivity index (χ4n) is 2.82. The highest BCUT2D eigenvalue weighted by Crippen LogP contribution is 2.48. The molecule has 2 rings (SSSR count). The quantitative estimate of drug-likeness (QED) is 0.553. The molecule has 0 atom stereocenters. The number of rotatable bonds is 10. The third kappa shape index (κ3) is 5.36. The molecule has 1 saturated heterocycles. The topological polar surface area (TPSA) is 17.8 Å². The lowest BCUT2D eigenvalue weighted by molar-refractivity contribution is 0.530. The van der Waals surface area contributed by atoms with Gasteiger partial charge in [-0.25, -0.2) is 4.98 Å². The van der Waals surface area contributed by atoms with E-state index in [-0.39, 0.29) is 0 Å². The second-order valence-electron chi connectivity index (χ2n) is 5.71. The smallest absolute Gasteiger partial charge is 0.0946 e. The van der Waals surface area contributed by atoms with Crippen molar-refractivity contribution in [2.75, 3.05) is 11.5 Å².